The first-order valence-corrected chi connectivity index (χ1v) is 5.33. The van der Waals surface area contributed by atoms with Gasteiger partial charge in [0.2, 0.25) is 0 Å². The van der Waals surface area contributed by atoms with E-state index in [-0.39, 0.29) is 18.6 Å². The van der Waals surface area contributed by atoms with Gasteiger partial charge in [-0.3, -0.25) is 14.3 Å². The molecular weight excluding hydrogens is 242 g/mol. The van der Waals surface area contributed by atoms with E-state index in [1.807, 2.05) is 0 Å². The van der Waals surface area contributed by atoms with E-state index >= 15 is 0 Å². The zero-order valence-electron chi connectivity index (χ0n) is 9.37. The Morgan fingerprint density at radius 2 is 2.33 bits per heavy atom. The minimum atomic E-state index is -0.867. The van der Waals surface area contributed by atoms with E-state index in [1.54, 1.807) is 0 Å². The van der Waals surface area contributed by atoms with Gasteiger partial charge in [-0.25, -0.2) is 4.79 Å². The summed E-state index contributed by atoms with van der Waals surface area (Å²) in [4.78, 5) is 25.0. The molecule has 1 aromatic rings. The van der Waals surface area contributed by atoms with Crippen LogP contribution in [0.5, 0.6) is 0 Å². The quantitative estimate of drug-likeness (QED) is 0.425. The molecule has 0 saturated carbocycles. The second-order valence-corrected chi connectivity index (χ2v) is 3.97. The zero-order chi connectivity index (χ0) is 13.3. The summed E-state index contributed by atoms with van der Waals surface area (Å²) >= 11 is 0. The molecule has 1 fully saturated rings. The van der Waals surface area contributed by atoms with Crippen molar-refractivity contribution >= 4 is 0 Å². The second kappa shape index (κ2) is 4.78. The number of ether oxygens (including phenoxy) is 1. The summed E-state index contributed by atoms with van der Waals surface area (Å²) in [5.41, 5.74) is -1.31. The van der Waals surface area contributed by atoms with Gasteiger partial charge < -0.3 is 14.9 Å². The van der Waals surface area contributed by atoms with Gasteiger partial charge >= 0.3 is 5.69 Å². The lowest BCUT2D eigenvalue weighted by atomic mass is 10.2. The van der Waals surface area contributed by atoms with Crippen LogP contribution < -0.4 is 11.2 Å². The number of aromatic nitrogens is 2. The molecule has 0 aromatic carbocycles. The highest BCUT2D eigenvalue weighted by molar-refractivity contribution is 5.26. The van der Waals surface area contributed by atoms with E-state index < -0.39 is 29.7 Å². The molecule has 0 unspecified atom stereocenters. The average Bonchev–Trinajstić information content (AvgIpc) is 2.70. The highest BCUT2D eigenvalue weighted by Gasteiger charge is 2.35. The van der Waals surface area contributed by atoms with Crippen LogP contribution in [0.25, 0.3) is 0 Å². The second-order valence-electron chi connectivity index (χ2n) is 3.97. The average molecular weight is 254 g/mol. The van der Waals surface area contributed by atoms with Crippen molar-refractivity contribution < 1.29 is 14.9 Å². The van der Waals surface area contributed by atoms with Gasteiger partial charge in [0.25, 0.3) is 5.56 Å². The van der Waals surface area contributed by atoms with Crippen molar-refractivity contribution in [3.8, 4) is 12.3 Å². The Morgan fingerprint density at radius 1 is 1.61 bits per heavy atom. The van der Waals surface area contributed by atoms with Gasteiger partial charge in [0.05, 0.1) is 12.7 Å². The van der Waals surface area contributed by atoms with Crippen LogP contribution in [0.3, 0.4) is 0 Å². The van der Waals surface area contributed by atoms with E-state index in [0.29, 0.717) is 0 Å². The first-order chi connectivity index (χ1) is 8.56. The molecule has 1 aliphatic heterocycles. The number of aliphatic hydroxyl groups excluding tert-OH is 2. The Labute approximate surface area is 102 Å². The Morgan fingerprint density at radius 3 is 2.89 bits per heavy atom. The lowest BCUT2D eigenvalue weighted by Gasteiger charge is -2.14. The monoisotopic (exact) mass is 254 g/mol. The van der Waals surface area contributed by atoms with E-state index in [9.17, 15) is 14.7 Å². The van der Waals surface area contributed by atoms with Gasteiger partial charge in [0, 0.05) is 12.6 Å². The zero-order valence-corrected chi connectivity index (χ0v) is 9.37. The lowest BCUT2D eigenvalue weighted by molar-refractivity contribution is -0.0459. The fourth-order valence-corrected chi connectivity index (χ4v) is 1.85. The summed E-state index contributed by atoms with van der Waals surface area (Å²) < 4.78 is 6.41. The maximum Gasteiger partial charge on any atom is 0.330 e. The maximum atomic E-state index is 11.6. The number of aliphatic hydroxyl groups is 2. The molecule has 2 rings (SSSR count). The van der Waals surface area contributed by atoms with Crippen molar-refractivity contribution in [2.45, 2.75) is 24.9 Å². The van der Waals surface area contributed by atoms with Crippen LogP contribution in [0.1, 0.15) is 18.2 Å². The van der Waals surface area contributed by atoms with Crippen LogP contribution in [-0.4, -0.2) is 38.6 Å². The molecule has 3 atom stereocenters. The predicted molar refractivity (Wildman–Crippen MR) is 60.9 cm³/mol. The number of aromatic amines is 1. The number of H-pyrrole nitrogens is 1. The van der Waals surface area contributed by atoms with Gasteiger partial charge in [0.1, 0.15) is 17.9 Å². The minimum absolute atomic E-state index is 0.000128. The normalized spacial score (nSPS) is 27.1. The fraction of sp³-hybridized carbons (Fsp3) is 0.455. The number of rotatable bonds is 2. The van der Waals surface area contributed by atoms with Crippen molar-refractivity contribution in [2.24, 2.45) is 0 Å². The number of hydrogen-bond donors (Lipinski definition) is 3. The third-order valence-corrected chi connectivity index (χ3v) is 2.82. The molecule has 3 N–H and O–H groups in total. The van der Waals surface area contributed by atoms with Crippen molar-refractivity contribution in [3.63, 3.8) is 0 Å². The van der Waals surface area contributed by atoms with Gasteiger partial charge in [-0.1, -0.05) is 5.92 Å². The SMILES string of the molecule is [13CH]#[13C]c1cn([C@H]2C[C@@H](O)[C@@H](CO)O2)c(=O)[nH]c1=O. The first kappa shape index (κ1) is 12.6. The number of nitrogens with zero attached hydrogens (tertiary/aromatic N) is 1. The van der Waals surface area contributed by atoms with E-state index in [0.717, 1.165) is 4.57 Å². The van der Waals surface area contributed by atoms with Crippen molar-refractivity contribution in [2.75, 3.05) is 6.61 Å². The molecule has 0 amide bonds. The van der Waals surface area contributed by atoms with Gasteiger partial charge in [0.15, 0.2) is 0 Å². The minimum Gasteiger partial charge on any atom is -0.394 e. The molecule has 1 aliphatic rings. The summed E-state index contributed by atoms with van der Waals surface area (Å²) in [6.07, 6.45) is 4.11. The van der Waals surface area contributed by atoms with Crippen LogP contribution in [-0.2, 0) is 4.74 Å². The summed E-state index contributed by atoms with van der Waals surface area (Å²) in [6, 6.07) is 0. The molecule has 2 heterocycles. The molecule has 7 heteroatoms. The van der Waals surface area contributed by atoms with E-state index in [1.165, 1.54) is 6.20 Å². The molecule has 1 saturated heterocycles. The van der Waals surface area contributed by atoms with Crippen LogP contribution in [0.4, 0.5) is 0 Å². The molecule has 96 valence electrons. The van der Waals surface area contributed by atoms with E-state index in [4.69, 9.17) is 16.3 Å². The standard InChI is InChI=1S/C11H12N2O5/c1-2-6-4-13(11(17)12-10(6)16)9-3-7(15)8(5-14)18-9/h1,4,7-9,14-15H,3,5H2,(H,12,16,17)/t7-,8-,9-/m1/s1/i1+1,2+1. The Bertz CT molecular complexity index is 597. The number of terminal acetylenes is 1. The number of nitrogens with one attached hydrogen (secondary N) is 1. The van der Waals surface area contributed by atoms with Crippen LogP contribution >= 0.6 is 0 Å². The molecule has 0 radical (unpaired) electrons. The molecule has 0 aliphatic carbocycles. The third kappa shape index (κ3) is 2.09. The number of hydrogen-bond acceptors (Lipinski definition) is 5. The predicted octanol–water partition coefficient (Wildman–Crippen LogP) is -1.84. The van der Waals surface area contributed by atoms with Crippen LogP contribution in [0.2, 0.25) is 0 Å². The highest BCUT2D eigenvalue weighted by Crippen LogP contribution is 2.27. The lowest BCUT2D eigenvalue weighted by Crippen LogP contribution is -2.33. The first-order valence-electron chi connectivity index (χ1n) is 5.33. The summed E-state index contributed by atoms with van der Waals surface area (Å²) in [6.45, 7) is -0.349. The van der Waals surface area contributed by atoms with Gasteiger partial charge in [-0.05, 0) is 0 Å². The van der Waals surface area contributed by atoms with Gasteiger partial charge in [-0.15, -0.1) is 6.42 Å². The van der Waals surface area contributed by atoms with Gasteiger partial charge in [-0.2, -0.15) is 0 Å². The van der Waals surface area contributed by atoms with Crippen LogP contribution in [0, 0.1) is 12.3 Å². The molecule has 1 aromatic heterocycles. The molecule has 0 bridgehead atoms. The molecule has 7 nitrogen and oxygen atoms in total. The van der Waals surface area contributed by atoms with Crippen molar-refractivity contribution in [1.82, 2.24) is 9.55 Å². The Kier molecular flexibility index (Phi) is 3.34. The summed E-state index contributed by atoms with van der Waals surface area (Å²) in [5.74, 6) is 2.15. The molecule has 0 spiro atoms. The smallest absolute Gasteiger partial charge is 0.330 e. The highest BCUT2D eigenvalue weighted by atomic mass is 16.5. The maximum absolute atomic E-state index is 11.6. The van der Waals surface area contributed by atoms with Crippen molar-refractivity contribution in [1.29, 1.82) is 0 Å². The van der Waals surface area contributed by atoms with Crippen LogP contribution in [0.15, 0.2) is 15.8 Å². The van der Waals surface area contributed by atoms with E-state index in [2.05, 4.69) is 10.9 Å². The molecular formula is C11H12N2O5. The van der Waals surface area contributed by atoms with Crippen molar-refractivity contribution in [3.05, 3.63) is 32.6 Å². The largest absolute Gasteiger partial charge is 0.394 e. The Balaban J connectivity index is 2.39. The topological polar surface area (TPSA) is 105 Å². The summed E-state index contributed by atoms with van der Waals surface area (Å²) in [5, 5.41) is 18.5. The third-order valence-electron chi connectivity index (χ3n) is 2.82. The summed E-state index contributed by atoms with van der Waals surface area (Å²) in [7, 11) is 0. The Hall–Kier alpha value is -1.88. The molecule has 18 heavy (non-hydrogen) atoms. The fourth-order valence-electron chi connectivity index (χ4n) is 1.85.